The lowest BCUT2D eigenvalue weighted by Crippen LogP contribution is -3.11. The number of rotatable bonds is 7. The molecule has 1 saturated heterocycles. The van der Waals surface area contributed by atoms with E-state index in [0.717, 1.165) is 10.7 Å². The molecule has 152 valence electrons. The summed E-state index contributed by atoms with van der Waals surface area (Å²) >= 11 is 0. The van der Waals surface area contributed by atoms with Gasteiger partial charge in [-0.25, -0.2) is 16.8 Å². The number of hydrogen-bond acceptors (Lipinski definition) is 5. The molecule has 0 bridgehead atoms. The number of nitrogens with zero attached hydrogens (tertiary/aromatic N) is 1. The van der Waals surface area contributed by atoms with Crippen molar-refractivity contribution in [2.75, 3.05) is 26.2 Å². The van der Waals surface area contributed by atoms with Crippen molar-refractivity contribution in [3.05, 3.63) is 4.13 Å². The molecule has 0 aromatic carbocycles. The second-order valence-corrected chi connectivity index (χ2v) is 8.29. The molecule has 1 heterocycles. The first-order chi connectivity index (χ1) is 11.1. The molecular formula is C10H18F6N2O5S2. The van der Waals surface area contributed by atoms with E-state index >= 15 is 0 Å². The first-order valence-electron chi connectivity index (χ1n) is 6.89. The summed E-state index contributed by atoms with van der Waals surface area (Å²) < 4.78 is 114. The molecule has 1 N–H and O–H groups in total. The Bertz CT molecular complexity index is 567. The van der Waals surface area contributed by atoms with Gasteiger partial charge in [0.25, 0.3) is 0 Å². The number of hydrogen-bond donors (Lipinski definition) is 1. The maximum Gasteiger partial charge on any atom is 0.480 e. The summed E-state index contributed by atoms with van der Waals surface area (Å²) in [4.78, 5) is 1.69. The summed E-state index contributed by atoms with van der Waals surface area (Å²) in [5.41, 5.74) is -12.4. The van der Waals surface area contributed by atoms with Gasteiger partial charge < -0.3 is 13.8 Å². The molecule has 0 saturated carbocycles. The maximum absolute atomic E-state index is 11.4. The third-order valence-electron chi connectivity index (χ3n) is 3.00. The molecule has 0 radical (unpaired) electrons. The van der Waals surface area contributed by atoms with E-state index in [1.807, 2.05) is 0 Å². The normalized spacial score (nSPS) is 18.7. The third kappa shape index (κ3) is 8.52. The lowest BCUT2D eigenvalue weighted by atomic mass is 10.3. The molecule has 7 nitrogen and oxygen atoms in total. The maximum atomic E-state index is 11.4. The minimum Gasteiger partial charge on any atom is -0.421 e. The highest BCUT2D eigenvalue weighted by Gasteiger charge is 2.46. The van der Waals surface area contributed by atoms with Crippen LogP contribution in [0.1, 0.15) is 20.3 Å². The zero-order valence-corrected chi connectivity index (χ0v) is 14.8. The van der Waals surface area contributed by atoms with Crippen LogP contribution in [0.5, 0.6) is 0 Å². The van der Waals surface area contributed by atoms with Crippen molar-refractivity contribution in [3.8, 4) is 0 Å². The van der Waals surface area contributed by atoms with Gasteiger partial charge in [0.2, 0.25) is 0 Å². The summed E-state index contributed by atoms with van der Waals surface area (Å²) in [6.07, 6.45) is 1.88. The van der Waals surface area contributed by atoms with E-state index in [0.29, 0.717) is 6.10 Å². The van der Waals surface area contributed by atoms with Crippen molar-refractivity contribution >= 4 is 20.0 Å². The summed E-state index contributed by atoms with van der Waals surface area (Å²) in [7, 11) is -13.4. The van der Waals surface area contributed by atoms with Crippen molar-refractivity contribution in [1.82, 2.24) is 0 Å². The third-order valence-corrected chi connectivity index (χ3v) is 5.74. The predicted octanol–water partition coefficient (Wildman–Crippen LogP) is 0.759. The Hall–Kier alpha value is -0.640. The van der Waals surface area contributed by atoms with Crippen LogP contribution in [0.15, 0.2) is 0 Å². The molecule has 1 aliphatic heterocycles. The van der Waals surface area contributed by atoms with Gasteiger partial charge in [-0.2, -0.15) is 26.3 Å². The van der Waals surface area contributed by atoms with E-state index in [-0.39, 0.29) is 0 Å². The number of epoxide rings is 1. The van der Waals surface area contributed by atoms with Gasteiger partial charge in [-0.3, -0.25) is 0 Å². The first-order valence-corrected chi connectivity index (χ1v) is 9.77. The van der Waals surface area contributed by atoms with Crippen LogP contribution in [0.2, 0.25) is 0 Å². The Morgan fingerprint density at radius 1 is 0.960 bits per heavy atom. The van der Waals surface area contributed by atoms with Gasteiger partial charge in [-0.1, -0.05) is 0 Å². The number of ether oxygens (including phenoxy) is 1. The fraction of sp³-hybridized carbons (Fsp3) is 1.00. The average Bonchev–Trinajstić information content (AvgIpc) is 3.21. The summed E-state index contributed by atoms with van der Waals surface area (Å²) in [6.45, 7) is 9.30. The molecule has 0 aromatic heterocycles. The van der Waals surface area contributed by atoms with E-state index in [1.165, 1.54) is 26.1 Å². The Labute approximate surface area is 141 Å². The van der Waals surface area contributed by atoms with Crippen LogP contribution in [0.4, 0.5) is 26.3 Å². The molecule has 0 aliphatic carbocycles. The first kappa shape index (κ1) is 24.4. The topological polar surface area (TPSA) is 99.3 Å². The van der Waals surface area contributed by atoms with Gasteiger partial charge in [0, 0.05) is 6.42 Å². The van der Waals surface area contributed by atoms with Crippen LogP contribution in [-0.2, 0) is 24.8 Å². The quantitative estimate of drug-likeness (QED) is 0.481. The highest BCUT2D eigenvalue weighted by atomic mass is 32.3. The van der Waals surface area contributed by atoms with Crippen molar-refractivity contribution in [3.63, 3.8) is 0 Å². The van der Waals surface area contributed by atoms with E-state index in [9.17, 15) is 43.2 Å². The predicted molar refractivity (Wildman–Crippen MR) is 74.6 cm³/mol. The molecule has 0 aromatic rings. The highest BCUT2D eigenvalue weighted by molar-refractivity contribution is 8.13. The van der Waals surface area contributed by atoms with Crippen LogP contribution in [0.3, 0.4) is 0 Å². The minimum absolute atomic E-state index is 0.619. The standard InChI is InChI=1S/C8H17NO.C2F6NO4S2/c1-3-9(4-2)6-5-8-7-10-8;3-1(4,5)14(10,11)9-15(12,13)2(6,7)8/h8H,3-7H2,1-2H3;/q;-1/p+1. The molecule has 1 fully saturated rings. The molecule has 0 spiro atoms. The van der Waals surface area contributed by atoms with E-state index in [2.05, 4.69) is 13.8 Å². The van der Waals surface area contributed by atoms with Crippen molar-refractivity contribution < 1.29 is 52.8 Å². The minimum atomic E-state index is -6.72. The largest absolute Gasteiger partial charge is 0.480 e. The van der Waals surface area contributed by atoms with Gasteiger partial charge in [0.15, 0.2) is 20.0 Å². The number of alkyl halides is 6. The summed E-state index contributed by atoms with van der Waals surface area (Å²) in [5, 5.41) is 0. The highest BCUT2D eigenvalue weighted by Crippen LogP contribution is 2.36. The molecule has 1 unspecified atom stereocenters. The fourth-order valence-corrected chi connectivity index (χ4v) is 3.13. The second kappa shape index (κ2) is 8.83. The molecular weight excluding hydrogens is 406 g/mol. The van der Waals surface area contributed by atoms with E-state index in [1.54, 1.807) is 4.90 Å². The fourth-order valence-electron chi connectivity index (χ4n) is 1.42. The summed E-state index contributed by atoms with van der Waals surface area (Å²) in [6, 6.07) is 0. The Kier molecular flexibility index (Phi) is 8.61. The molecule has 1 aliphatic rings. The van der Waals surface area contributed by atoms with Crippen LogP contribution in [0.25, 0.3) is 4.13 Å². The van der Waals surface area contributed by atoms with Crippen LogP contribution < -0.4 is 4.90 Å². The SMILES string of the molecule is CC[NH+](CC)CCC1CO1.O=S(=O)([N-]S(=O)(=O)C(F)(F)F)C(F)(F)F. The number of sulfonamides is 2. The Balaban J connectivity index is 0.000000496. The van der Waals surface area contributed by atoms with Gasteiger partial charge in [0.1, 0.15) is 0 Å². The monoisotopic (exact) mass is 424 g/mol. The van der Waals surface area contributed by atoms with Crippen molar-refractivity contribution in [2.24, 2.45) is 0 Å². The molecule has 0 amide bonds. The molecule has 15 heteroatoms. The molecule has 1 rings (SSSR count). The molecule has 25 heavy (non-hydrogen) atoms. The van der Waals surface area contributed by atoms with Crippen molar-refractivity contribution in [2.45, 2.75) is 37.4 Å². The lowest BCUT2D eigenvalue weighted by molar-refractivity contribution is -0.896. The lowest BCUT2D eigenvalue weighted by Gasteiger charge is -2.22. The number of quaternary nitrogens is 1. The van der Waals surface area contributed by atoms with Crippen LogP contribution >= 0.6 is 0 Å². The zero-order valence-electron chi connectivity index (χ0n) is 13.2. The van der Waals surface area contributed by atoms with E-state index < -0.39 is 31.1 Å². The van der Waals surface area contributed by atoms with Gasteiger partial charge in [-0.05, 0) is 13.8 Å². The van der Waals surface area contributed by atoms with E-state index in [4.69, 9.17) is 4.74 Å². The summed E-state index contributed by atoms with van der Waals surface area (Å²) in [5.74, 6) is 0. The number of halogens is 6. The van der Waals surface area contributed by atoms with Gasteiger partial charge >= 0.3 is 11.0 Å². The Morgan fingerprint density at radius 2 is 1.32 bits per heavy atom. The van der Waals surface area contributed by atoms with Gasteiger partial charge in [-0.15, -0.1) is 0 Å². The number of nitrogens with one attached hydrogen (secondary N) is 1. The average molecular weight is 424 g/mol. The Morgan fingerprint density at radius 3 is 1.56 bits per heavy atom. The van der Waals surface area contributed by atoms with Crippen LogP contribution in [0, 0.1) is 0 Å². The van der Waals surface area contributed by atoms with Crippen LogP contribution in [-0.4, -0.2) is 60.2 Å². The van der Waals surface area contributed by atoms with Crippen molar-refractivity contribution in [1.29, 1.82) is 0 Å². The second-order valence-electron chi connectivity index (χ2n) is 4.87. The zero-order chi connectivity index (χ0) is 20.1. The van der Waals surface area contributed by atoms with Gasteiger partial charge in [0.05, 0.1) is 32.3 Å². The smallest absolute Gasteiger partial charge is 0.421 e. The molecule has 1 atom stereocenters.